The van der Waals surface area contributed by atoms with Gasteiger partial charge in [-0.2, -0.15) is 0 Å². The van der Waals surface area contributed by atoms with Crippen molar-refractivity contribution in [2.24, 2.45) is 35.5 Å². The molecule has 5 aliphatic rings. The Morgan fingerprint density at radius 2 is 1.62 bits per heavy atom. The van der Waals surface area contributed by atoms with E-state index in [4.69, 9.17) is 32.5 Å². The van der Waals surface area contributed by atoms with Crippen molar-refractivity contribution in [1.82, 2.24) is 5.32 Å². The maximum atomic E-state index is 14.2. The molecular weight excluding hydrogens is 735 g/mol. The molecular formula is C39H62NO10P3. The van der Waals surface area contributed by atoms with E-state index >= 15 is 0 Å². The number of allylic oxidation sites excluding steroid dienone is 4. The average Bonchev–Trinajstić information content (AvgIpc) is 3.39. The minimum atomic E-state index is -1.61. The summed E-state index contributed by atoms with van der Waals surface area (Å²) in [5, 5.41) is 3.21. The summed E-state index contributed by atoms with van der Waals surface area (Å²) in [6.45, 7) is 15.1. The summed E-state index contributed by atoms with van der Waals surface area (Å²) in [6.07, 6.45) is 9.12. The third-order valence-electron chi connectivity index (χ3n) is 11.4. The predicted octanol–water partition coefficient (Wildman–Crippen LogP) is 7.47. The van der Waals surface area contributed by atoms with Gasteiger partial charge >= 0.3 is 11.8 Å². The second kappa shape index (κ2) is 19.6. The van der Waals surface area contributed by atoms with E-state index in [1.54, 1.807) is 40.0 Å². The van der Waals surface area contributed by atoms with E-state index < -0.39 is 24.1 Å². The van der Waals surface area contributed by atoms with Crippen LogP contribution in [0.1, 0.15) is 88.5 Å². The van der Waals surface area contributed by atoms with Gasteiger partial charge in [0.2, 0.25) is 11.7 Å². The number of ketones is 1. The largest absolute Gasteiger partial charge is 0.484 e. The summed E-state index contributed by atoms with van der Waals surface area (Å²) in [7, 11) is 8.65. The van der Waals surface area contributed by atoms with Crippen LogP contribution in [0.25, 0.3) is 0 Å². The first kappa shape index (κ1) is 45.3. The van der Waals surface area contributed by atoms with Crippen molar-refractivity contribution >= 4 is 46.1 Å². The molecule has 5 bridgehead atoms. The average molecular weight is 798 g/mol. The smallest absolute Gasteiger partial charge is 0.312 e. The van der Waals surface area contributed by atoms with Crippen molar-refractivity contribution in [2.75, 3.05) is 7.11 Å². The van der Waals surface area contributed by atoms with Crippen LogP contribution in [-0.4, -0.2) is 61.0 Å². The predicted molar refractivity (Wildman–Crippen MR) is 214 cm³/mol. The molecule has 1 saturated carbocycles. The number of fused-ring (bicyclic) bond motifs is 14. The number of methoxy groups -OCH3 is 1. The van der Waals surface area contributed by atoms with E-state index in [1.807, 2.05) is 39.8 Å². The van der Waals surface area contributed by atoms with Crippen molar-refractivity contribution in [3.05, 3.63) is 58.8 Å². The van der Waals surface area contributed by atoms with E-state index in [2.05, 4.69) is 40.6 Å². The molecule has 1 fully saturated rings. The molecule has 3 aliphatic heterocycles. The Morgan fingerprint density at radius 3 is 2.23 bits per heavy atom. The number of carbonyl (C=O) groups excluding carboxylic acids is 3. The van der Waals surface area contributed by atoms with Crippen LogP contribution in [0.4, 0.5) is 0 Å². The minimum Gasteiger partial charge on any atom is -0.484 e. The lowest BCUT2D eigenvalue weighted by Gasteiger charge is -2.40. The summed E-state index contributed by atoms with van der Waals surface area (Å²) >= 11 is 0. The Morgan fingerprint density at radius 1 is 0.962 bits per heavy atom. The lowest BCUT2D eigenvalue weighted by Crippen LogP contribution is -2.47. The number of ether oxygens (including phenoxy) is 4. The third-order valence-corrected chi connectivity index (χ3v) is 12.3. The van der Waals surface area contributed by atoms with Gasteiger partial charge in [-0.25, -0.2) is 0 Å². The number of carbonyl (C=O) groups is 3. The molecule has 298 valence electrons. The summed E-state index contributed by atoms with van der Waals surface area (Å²) in [5.41, 5.74) is 1.90. The number of hydrogen-bond donors (Lipinski definition) is 1. The molecule has 0 saturated heterocycles. The SMILES string of the molecule is C.CCC(=O)OC1C(C)C(OC)/C=C/OC2(C)OC3=C(C2=O)C2CCC(CC2C(OP)=C3C)NC(=O)/C(C)=C\C=C\C(C)C(OP)C(C)C(OP)C1C. The van der Waals surface area contributed by atoms with E-state index in [1.165, 1.54) is 6.26 Å². The van der Waals surface area contributed by atoms with Crippen LogP contribution in [-0.2, 0) is 46.9 Å². The van der Waals surface area contributed by atoms with Crippen LogP contribution in [0.2, 0.25) is 0 Å². The van der Waals surface area contributed by atoms with Crippen molar-refractivity contribution in [1.29, 1.82) is 0 Å². The van der Waals surface area contributed by atoms with Crippen molar-refractivity contribution < 1.29 is 46.9 Å². The minimum absolute atomic E-state index is 0. The molecule has 53 heavy (non-hydrogen) atoms. The number of amides is 1. The molecule has 1 amide bonds. The monoisotopic (exact) mass is 797 g/mol. The summed E-state index contributed by atoms with van der Waals surface area (Å²) < 4.78 is 42.4. The van der Waals surface area contributed by atoms with Gasteiger partial charge in [0, 0.05) is 97.7 Å². The maximum Gasteiger partial charge on any atom is 0.312 e. The van der Waals surface area contributed by atoms with Crippen LogP contribution in [0.15, 0.2) is 58.8 Å². The van der Waals surface area contributed by atoms with Gasteiger partial charge in [-0.3, -0.25) is 14.4 Å². The molecule has 3 heterocycles. The van der Waals surface area contributed by atoms with E-state index in [0.717, 1.165) is 11.3 Å². The van der Waals surface area contributed by atoms with Gasteiger partial charge in [0.1, 0.15) is 17.6 Å². The summed E-state index contributed by atoms with van der Waals surface area (Å²) in [6, 6.07) is -0.103. The highest BCUT2D eigenvalue weighted by molar-refractivity contribution is 7.10. The Bertz CT molecular complexity index is 1490. The standard InChI is InChI=1S/C38H58NO10P3.CH4/c1-10-29(40)45-32-21(4)28(43-9)16-17-44-38(8)36(41)30-26-15-14-25(18-27(26)34(49-52)24(7)35(30)46-38)39-37(42)20(3)13-11-12-19(2)31(47-50)22(5)33(48-51)23(32)6;/h11-13,16-17,19,21-23,25-28,31-33H,10,14-15,18,50-52H2,1-9H3,(H,39,42);1H4/b12-11+,17-16+,20-13-;. The Balaban J connectivity index is 0.00000756. The lowest BCUT2D eigenvalue weighted by molar-refractivity contribution is -0.172. The van der Waals surface area contributed by atoms with Crippen LogP contribution >= 0.6 is 28.4 Å². The van der Waals surface area contributed by atoms with Gasteiger partial charge in [0.25, 0.3) is 0 Å². The van der Waals surface area contributed by atoms with Gasteiger partial charge in [-0.1, -0.05) is 60.3 Å². The fraction of sp³-hybridized carbons (Fsp3) is 0.667. The number of esters is 1. The molecule has 0 spiro atoms. The zero-order chi connectivity index (χ0) is 38.5. The van der Waals surface area contributed by atoms with Crippen LogP contribution in [0.5, 0.6) is 0 Å². The van der Waals surface area contributed by atoms with Crippen molar-refractivity contribution in [3.63, 3.8) is 0 Å². The molecule has 15 atom stereocenters. The molecule has 2 aliphatic carbocycles. The number of hydrogen-bond acceptors (Lipinski definition) is 10. The second-order valence-corrected chi connectivity index (χ2v) is 15.5. The topological polar surface area (TPSA) is 128 Å². The molecule has 1 N–H and O–H groups in total. The van der Waals surface area contributed by atoms with E-state index in [9.17, 15) is 14.4 Å². The first-order chi connectivity index (χ1) is 24.7. The van der Waals surface area contributed by atoms with Crippen molar-refractivity contribution in [3.8, 4) is 0 Å². The maximum absolute atomic E-state index is 14.2. The van der Waals surface area contributed by atoms with Gasteiger partial charge in [0.15, 0.2) is 0 Å². The second-order valence-electron chi connectivity index (χ2n) is 14.8. The first-order valence-electron chi connectivity index (χ1n) is 18.2. The molecule has 0 aromatic rings. The van der Waals surface area contributed by atoms with E-state index in [-0.39, 0.29) is 79.2 Å². The molecule has 14 heteroatoms. The molecule has 15 unspecified atom stereocenters. The summed E-state index contributed by atoms with van der Waals surface area (Å²) in [4.78, 5) is 40.4. The van der Waals surface area contributed by atoms with Gasteiger partial charge in [-0.15, -0.1) is 0 Å². The number of Topliss-reactive ketones (excluding diaryl/α,β-unsaturated/α-hetero) is 1. The fourth-order valence-electron chi connectivity index (χ4n) is 8.36. The van der Waals surface area contributed by atoms with Gasteiger partial charge < -0.3 is 37.8 Å². The lowest BCUT2D eigenvalue weighted by atomic mass is 9.67. The fourth-order valence-corrected chi connectivity index (χ4v) is 9.70. The quantitative estimate of drug-likeness (QED) is 0.214. The molecule has 0 aromatic heterocycles. The Hall–Kier alpha value is -2.12. The van der Waals surface area contributed by atoms with Crippen LogP contribution < -0.4 is 5.32 Å². The Kier molecular flexibility index (Phi) is 16.8. The van der Waals surface area contributed by atoms with Crippen molar-refractivity contribution in [2.45, 2.75) is 125 Å². The number of nitrogens with one attached hydrogen (secondary N) is 1. The normalized spacial score (nSPS) is 39.1. The van der Waals surface area contributed by atoms with E-state index in [0.29, 0.717) is 36.2 Å². The first-order valence-corrected chi connectivity index (χ1v) is 19.6. The van der Waals surface area contributed by atoms with Crippen LogP contribution in [0.3, 0.4) is 0 Å². The molecule has 11 nitrogen and oxygen atoms in total. The zero-order valence-electron chi connectivity index (χ0n) is 31.9. The molecule has 0 radical (unpaired) electrons. The highest BCUT2D eigenvalue weighted by atomic mass is 31.0. The Labute approximate surface area is 323 Å². The molecule has 5 rings (SSSR count). The van der Waals surface area contributed by atoms with Gasteiger partial charge in [-0.05, 0) is 39.2 Å². The zero-order valence-corrected chi connectivity index (χ0v) is 35.3. The molecule has 0 aromatic carbocycles. The summed E-state index contributed by atoms with van der Waals surface area (Å²) in [5.74, 6) is -2.32. The highest BCUT2D eigenvalue weighted by Gasteiger charge is 2.55. The van der Waals surface area contributed by atoms with Crippen LogP contribution in [0, 0.1) is 35.5 Å². The highest BCUT2D eigenvalue weighted by Crippen LogP contribution is 2.52. The number of rotatable bonds is 6. The third kappa shape index (κ3) is 9.65. The van der Waals surface area contributed by atoms with Gasteiger partial charge in [0.05, 0.1) is 34.0 Å².